The summed E-state index contributed by atoms with van der Waals surface area (Å²) < 4.78 is 2.00. The van der Waals surface area contributed by atoms with Gasteiger partial charge in [-0.1, -0.05) is 51.1 Å². The Morgan fingerprint density at radius 1 is 1.03 bits per heavy atom. The molecule has 2 aromatic carbocycles. The fraction of sp³-hybridized carbons (Fsp3) is 0.440. The molecule has 0 N–H and O–H groups in total. The van der Waals surface area contributed by atoms with Crippen LogP contribution in [0.4, 0.5) is 0 Å². The van der Waals surface area contributed by atoms with Crippen molar-refractivity contribution < 1.29 is 0 Å². The van der Waals surface area contributed by atoms with Crippen LogP contribution in [0.25, 0.3) is 21.4 Å². The smallest absolute Gasteiger partial charge is 0.220 e. The first-order chi connectivity index (χ1) is 13.9. The van der Waals surface area contributed by atoms with E-state index in [4.69, 9.17) is 6.57 Å². The SMILES string of the molecule is [C-]#[N+]CC1(C(C)(C)C)CCN(Cc2ccc(-n3ncc4ccccc43)cc2)CC1. The molecule has 4 heteroatoms. The van der Waals surface area contributed by atoms with Crippen LogP contribution in [0, 0.1) is 17.4 Å². The van der Waals surface area contributed by atoms with E-state index < -0.39 is 0 Å². The van der Waals surface area contributed by atoms with Gasteiger partial charge in [0, 0.05) is 17.3 Å². The second kappa shape index (κ2) is 7.65. The molecule has 1 aliphatic heterocycles. The van der Waals surface area contributed by atoms with Crippen molar-refractivity contribution in [3.8, 4) is 5.69 Å². The molecule has 4 rings (SSSR count). The monoisotopic (exact) mass is 386 g/mol. The standard InChI is InChI=1S/C25H30N4/c1-24(2,3)25(19-26-4)13-15-28(16-14-25)18-20-9-11-22(12-10-20)29-23-8-6-5-7-21(23)17-27-29/h5-12,17H,13-16,18-19H2,1-3H3. The zero-order valence-electron chi connectivity index (χ0n) is 17.7. The Kier molecular flexibility index (Phi) is 5.19. The Balaban J connectivity index is 1.43. The molecule has 1 saturated heterocycles. The second-order valence-electron chi connectivity index (χ2n) is 9.40. The third kappa shape index (κ3) is 3.80. The number of rotatable bonds is 4. The van der Waals surface area contributed by atoms with Crippen molar-refractivity contribution in [2.45, 2.75) is 40.2 Å². The third-order valence-electron chi connectivity index (χ3n) is 6.85. The van der Waals surface area contributed by atoms with Gasteiger partial charge in [0.2, 0.25) is 6.54 Å². The van der Waals surface area contributed by atoms with Crippen LogP contribution in [-0.4, -0.2) is 34.3 Å². The lowest BCUT2D eigenvalue weighted by Crippen LogP contribution is -2.47. The van der Waals surface area contributed by atoms with Gasteiger partial charge < -0.3 is 4.85 Å². The summed E-state index contributed by atoms with van der Waals surface area (Å²) in [6.07, 6.45) is 4.13. The largest absolute Gasteiger partial charge is 0.316 e. The maximum Gasteiger partial charge on any atom is 0.220 e. The Morgan fingerprint density at radius 3 is 2.38 bits per heavy atom. The lowest BCUT2D eigenvalue weighted by molar-refractivity contribution is 0.0173. The van der Waals surface area contributed by atoms with E-state index in [0.29, 0.717) is 6.54 Å². The lowest BCUT2D eigenvalue weighted by atomic mass is 9.61. The molecule has 2 heterocycles. The predicted molar refractivity (Wildman–Crippen MR) is 119 cm³/mol. The van der Waals surface area contributed by atoms with Crippen molar-refractivity contribution in [1.82, 2.24) is 14.7 Å². The van der Waals surface area contributed by atoms with Gasteiger partial charge >= 0.3 is 0 Å². The molecule has 0 unspecified atom stereocenters. The number of nitrogens with zero attached hydrogens (tertiary/aromatic N) is 4. The summed E-state index contributed by atoms with van der Waals surface area (Å²) in [4.78, 5) is 6.32. The summed E-state index contributed by atoms with van der Waals surface area (Å²) in [7, 11) is 0. The van der Waals surface area contributed by atoms with Crippen LogP contribution in [0.15, 0.2) is 54.7 Å². The summed E-state index contributed by atoms with van der Waals surface area (Å²) in [5.41, 5.74) is 3.89. The van der Waals surface area contributed by atoms with Gasteiger partial charge in [-0.25, -0.2) is 11.3 Å². The van der Waals surface area contributed by atoms with E-state index in [1.165, 1.54) is 5.56 Å². The molecule has 3 aromatic rings. The first kappa shape index (κ1) is 19.7. The number of likely N-dealkylation sites (tertiary alicyclic amines) is 1. The number of benzene rings is 2. The summed E-state index contributed by atoms with van der Waals surface area (Å²) >= 11 is 0. The van der Waals surface area contributed by atoms with Crippen LogP contribution >= 0.6 is 0 Å². The summed E-state index contributed by atoms with van der Waals surface area (Å²) in [6.45, 7) is 18.1. The van der Waals surface area contributed by atoms with Gasteiger partial charge in [0.1, 0.15) is 0 Å². The average molecular weight is 387 g/mol. The van der Waals surface area contributed by atoms with Gasteiger partial charge in [-0.15, -0.1) is 0 Å². The lowest BCUT2D eigenvalue weighted by Gasteiger charge is -2.46. The normalized spacial score (nSPS) is 17.3. The average Bonchev–Trinajstić information content (AvgIpc) is 3.14. The molecule has 0 amide bonds. The van der Waals surface area contributed by atoms with E-state index in [-0.39, 0.29) is 10.8 Å². The summed E-state index contributed by atoms with van der Waals surface area (Å²) in [6, 6.07) is 17.1. The molecular formula is C25H30N4. The van der Waals surface area contributed by atoms with Gasteiger partial charge in [0.15, 0.2) is 0 Å². The quantitative estimate of drug-likeness (QED) is 0.548. The Labute approximate surface area is 174 Å². The van der Waals surface area contributed by atoms with Crippen LogP contribution in [0.1, 0.15) is 39.2 Å². The van der Waals surface area contributed by atoms with E-state index in [1.807, 2.05) is 16.9 Å². The molecule has 0 spiro atoms. The molecule has 0 aliphatic carbocycles. The molecule has 0 bridgehead atoms. The van der Waals surface area contributed by atoms with Crippen molar-refractivity contribution in [2.75, 3.05) is 19.6 Å². The van der Waals surface area contributed by atoms with Crippen LogP contribution in [-0.2, 0) is 6.54 Å². The maximum absolute atomic E-state index is 7.41. The second-order valence-corrected chi connectivity index (χ2v) is 9.40. The highest BCUT2D eigenvalue weighted by Crippen LogP contribution is 2.47. The minimum Gasteiger partial charge on any atom is -0.316 e. The molecule has 1 aliphatic rings. The van der Waals surface area contributed by atoms with E-state index in [0.717, 1.165) is 49.1 Å². The molecule has 0 saturated carbocycles. The topological polar surface area (TPSA) is 25.4 Å². The van der Waals surface area contributed by atoms with Crippen molar-refractivity contribution in [1.29, 1.82) is 0 Å². The minimum absolute atomic E-state index is 0.149. The highest BCUT2D eigenvalue weighted by Gasteiger charge is 2.46. The molecule has 1 aromatic heterocycles. The first-order valence-corrected chi connectivity index (χ1v) is 10.5. The number of aromatic nitrogens is 2. The fourth-order valence-corrected chi connectivity index (χ4v) is 4.61. The zero-order chi connectivity index (χ0) is 20.5. The number of fused-ring (bicyclic) bond motifs is 1. The molecule has 150 valence electrons. The molecule has 4 nitrogen and oxygen atoms in total. The molecule has 1 fully saturated rings. The highest BCUT2D eigenvalue weighted by molar-refractivity contribution is 5.80. The van der Waals surface area contributed by atoms with Crippen LogP contribution in [0.3, 0.4) is 0 Å². The van der Waals surface area contributed by atoms with Crippen LogP contribution < -0.4 is 0 Å². The number of hydrogen-bond acceptors (Lipinski definition) is 2. The summed E-state index contributed by atoms with van der Waals surface area (Å²) in [5.74, 6) is 0. The van der Waals surface area contributed by atoms with Crippen molar-refractivity contribution in [3.05, 3.63) is 71.7 Å². The molecular weight excluding hydrogens is 356 g/mol. The molecule has 0 radical (unpaired) electrons. The summed E-state index contributed by atoms with van der Waals surface area (Å²) in [5, 5.41) is 5.71. The maximum atomic E-state index is 7.41. The van der Waals surface area contributed by atoms with Crippen LogP contribution in [0.5, 0.6) is 0 Å². The van der Waals surface area contributed by atoms with Crippen molar-refractivity contribution >= 4 is 10.9 Å². The van der Waals surface area contributed by atoms with E-state index in [1.54, 1.807) is 0 Å². The highest BCUT2D eigenvalue weighted by atomic mass is 15.3. The van der Waals surface area contributed by atoms with Gasteiger partial charge in [0.05, 0.1) is 17.4 Å². The number of para-hydroxylation sites is 1. The van der Waals surface area contributed by atoms with Crippen molar-refractivity contribution in [3.63, 3.8) is 0 Å². The van der Waals surface area contributed by atoms with Gasteiger partial charge in [-0.05, 0) is 55.1 Å². The third-order valence-corrected chi connectivity index (χ3v) is 6.85. The van der Waals surface area contributed by atoms with Crippen LogP contribution in [0.2, 0.25) is 0 Å². The Morgan fingerprint density at radius 2 is 1.72 bits per heavy atom. The number of hydrogen-bond donors (Lipinski definition) is 0. The Hall–Kier alpha value is -2.64. The van der Waals surface area contributed by atoms with E-state index in [9.17, 15) is 0 Å². The molecule has 0 atom stereocenters. The van der Waals surface area contributed by atoms with Crippen molar-refractivity contribution in [2.24, 2.45) is 10.8 Å². The van der Waals surface area contributed by atoms with E-state index >= 15 is 0 Å². The van der Waals surface area contributed by atoms with Gasteiger partial charge in [0.25, 0.3) is 0 Å². The fourth-order valence-electron chi connectivity index (χ4n) is 4.61. The van der Waals surface area contributed by atoms with Gasteiger partial charge in [-0.2, -0.15) is 5.10 Å². The Bertz CT molecular complexity index is 1010. The van der Waals surface area contributed by atoms with Gasteiger partial charge in [-0.3, -0.25) is 4.90 Å². The minimum atomic E-state index is 0.149. The number of piperidine rings is 1. The van der Waals surface area contributed by atoms with E-state index in [2.05, 4.69) is 78.1 Å². The zero-order valence-corrected chi connectivity index (χ0v) is 17.7. The predicted octanol–water partition coefficient (Wildman–Crippen LogP) is 5.57. The molecule has 29 heavy (non-hydrogen) atoms. The first-order valence-electron chi connectivity index (χ1n) is 10.5.